The fraction of sp³-hybridized carbons (Fsp3) is 0.518. The number of hydrogen-bond acceptors (Lipinski definition) is 12. The molecule has 3 fully saturated rings. The topological polar surface area (TPSA) is 134 Å². The zero-order chi connectivity index (χ0) is 48.8. The third-order valence-electron chi connectivity index (χ3n) is 11.4. The number of carbonyl (C=O) groups excluding carboxylic acids is 3. The van der Waals surface area contributed by atoms with Gasteiger partial charge in [0.25, 0.3) is 0 Å². The minimum atomic E-state index is -0.205. The summed E-state index contributed by atoms with van der Waals surface area (Å²) in [6, 6.07) is 23.5. The summed E-state index contributed by atoms with van der Waals surface area (Å²) in [5.74, 6) is 1.85. The van der Waals surface area contributed by atoms with Gasteiger partial charge in [0.2, 0.25) is 0 Å². The Bertz CT molecular complexity index is 1830. The molecule has 0 aliphatic carbocycles. The summed E-state index contributed by atoms with van der Waals surface area (Å²) in [6.07, 6.45) is 19.9. The number of rotatable bonds is 21. The fourth-order valence-corrected chi connectivity index (χ4v) is 7.84. The van der Waals surface area contributed by atoms with Crippen LogP contribution in [0.5, 0.6) is 17.2 Å². The lowest BCUT2D eigenvalue weighted by atomic mass is 9.95. The molecule has 3 aliphatic heterocycles. The Morgan fingerprint density at radius 2 is 0.794 bits per heavy atom. The van der Waals surface area contributed by atoms with Gasteiger partial charge >= 0.3 is 17.9 Å². The van der Waals surface area contributed by atoms with E-state index in [4.69, 9.17) is 42.6 Å². The first-order valence-corrected chi connectivity index (χ1v) is 24.7. The van der Waals surface area contributed by atoms with Crippen LogP contribution in [0.2, 0.25) is 0 Å². The lowest BCUT2D eigenvalue weighted by Gasteiger charge is -2.23. The normalized spacial score (nSPS) is 19.4. The van der Waals surface area contributed by atoms with Crippen molar-refractivity contribution in [2.24, 2.45) is 0 Å². The van der Waals surface area contributed by atoms with Crippen LogP contribution in [0.3, 0.4) is 0 Å². The average molecular weight is 941 g/mol. The Labute approximate surface area is 405 Å². The van der Waals surface area contributed by atoms with Gasteiger partial charge in [-0.1, -0.05) is 66.8 Å². The molecule has 6 atom stereocenters. The summed E-state index contributed by atoms with van der Waals surface area (Å²) in [7, 11) is 0. The van der Waals surface area contributed by atoms with Crippen LogP contribution in [0.25, 0.3) is 0 Å². The lowest BCUT2D eigenvalue weighted by Crippen LogP contribution is -2.24. The van der Waals surface area contributed by atoms with Crippen molar-refractivity contribution in [2.75, 3.05) is 39.6 Å². The molecule has 3 saturated heterocycles. The molecule has 68 heavy (non-hydrogen) atoms. The van der Waals surface area contributed by atoms with E-state index in [1.807, 2.05) is 125 Å². The molecule has 6 rings (SSSR count). The van der Waals surface area contributed by atoms with E-state index in [9.17, 15) is 14.4 Å². The van der Waals surface area contributed by atoms with Crippen LogP contribution < -0.4 is 14.2 Å². The van der Waals surface area contributed by atoms with Crippen LogP contribution in [0.15, 0.2) is 110 Å². The quantitative estimate of drug-likeness (QED) is 0.0571. The zero-order valence-corrected chi connectivity index (χ0v) is 41.1. The van der Waals surface area contributed by atoms with Crippen molar-refractivity contribution < 1.29 is 57.0 Å². The second-order valence-electron chi connectivity index (χ2n) is 16.6. The maximum atomic E-state index is 11.7. The molecule has 372 valence electrons. The zero-order valence-electron chi connectivity index (χ0n) is 41.1. The van der Waals surface area contributed by atoms with E-state index in [0.717, 1.165) is 112 Å². The van der Waals surface area contributed by atoms with Crippen molar-refractivity contribution in [3.8, 4) is 17.2 Å². The summed E-state index contributed by atoms with van der Waals surface area (Å²) < 4.78 is 49.3. The Hall–Kier alpha value is -5.43. The van der Waals surface area contributed by atoms with E-state index in [0.29, 0.717) is 39.1 Å². The third kappa shape index (κ3) is 20.8. The van der Waals surface area contributed by atoms with E-state index >= 15 is 0 Å². The van der Waals surface area contributed by atoms with Gasteiger partial charge in [0.05, 0.1) is 58.9 Å². The monoisotopic (exact) mass is 941 g/mol. The smallest absolute Gasteiger partial charge is 0.306 e. The predicted octanol–water partition coefficient (Wildman–Crippen LogP) is 12.2. The number of esters is 3. The fourth-order valence-electron chi connectivity index (χ4n) is 7.84. The molecule has 12 heteroatoms. The van der Waals surface area contributed by atoms with Crippen LogP contribution in [0.1, 0.15) is 146 Å². The number of hydrogen-bond donors (Lipinski definition) is 0. The molecular weight excluding hydrogens is 865 g/mol. The summed E-state index contributed by atoms with van der Waals surface area (Å²) in [5.41, 5.74) is 3.18. The lowest BCUT2D eigenvalue weighted by molar-refractivity contribution is -0.144. The molecule has 0 saturated carbocycles. The van der Waals surface area contributed by atoms with Gasteiger partial charge in [-0.15, -0.1) is 6.58 Å². The summed E-state index contributed by atoms with van der Waals surface area (Å²) in [5, 5.41) is 0. The number of allylic oxidation sites excluding steroid dienone is 5. The van der Waals surface area contributed by atoms with Gasteiger partial charge in [-0.25, -0.2) is 0 Å². The Kier molecular flexibility index (Phi) is 26.2. The van der Waals surface area contributed by atoms with Crippen LogP contribution >= 0.6 is 0 Å². The standard InChI is InChI=1S/2C19H26O4.C18H24O4/c2*1-3-7-16(14-18(20)21-4-2)15-9-11-17(12-10-15)23-19-8-5-6-13-22-19;1-3-14(13-17(19)20-4-2)15-8-10-16(11-9-15)22-18-7-5-6-12-21-18/h2*3,7,9-12,16,19H,4-6,8,13-14H2,1-2H3;3,8-11,14,18H,1,4-7,12-13H2,2H3/b2*7-3+;/t2*16-,19?;14-,18?/m111/s1. The molecule has 0 spiro atoms. The first-order valence-electron chi connectivity index (χ1n) is 24.7. The molecule has 3 unspecified atom stereocenters. The van der Waals surface area contributed by atoms with Crippen LogP contribution in [-0.4, -0.2) is 76.4 Å². The molecule has 3 aromatic rings. The Morgan fingerprint density at radius 1 is 0.500 bits per heavy atom. The number of benzene rings is 3. The molecule has 0 N–H and O–H groups in total. The van der Waals surface area contributed by atoms with Gasteiger partial charge in [0.15, 0.2) is 18.9 Å². The maximum Gasteiger partial charge on any atom is 0.306 e. The van der Waals surface area contributed by atoms with E-state index in [1.165, 1.54) is 0 Å². The third-order valence-corrected chi connectivity index (χ3v) is 11.4. The van der Waals surface area contributed by atoms with Crippen molar-refractivity contribution in [1.29, 1.82) is 0 Å². The molecule has 0 bridgehead atoms. The molecular formula is C56H76O12. The highest BCUT2D eigenvalue weighted by atomic mass is 16.7. The van der Waals surface area contributed by atoms with Crippen LogP contribution in [0.4, 0.5) is 0 Å². The predicted molar refractivity (Wildman–Crippen MR) is 264 cm³/mol. The van der Waals surface area contributed by atoms with Crippen molar-refractivity contribution >= 4 is 17.9 Å². The second kappa shape index (κ2) is 32.3. The SMILES string of the molecule is C/C=C/[C@H](CC(=O)OCC)c1ccc(OC2CCCCO2)cc1.C/C=C/[C@H](CC(=O)OCC)c1ccc(OC2CCCCO2)cc1.C=C[C@H](CC(=O)OCC)c1ccc(OC2CCCCO2)cc1. The highest BCUT2D eigenvalue weighted by Gasteiger charge is 2.20. The van der Waals surface area contributed by atoms with E-state index < -0.39 is 0 Å². The summed E-state index contributed by atoms with van der Waals surface area (Å²) in [4.78, 5) is 35.1. The van der Waals surface area contributed by atoms with Crippen molar-refractivity contribution in [2.45, 2.75) is 148 Å². The minimum Gasteiger partial charge on any atom is -0.466 e. The molecule has 3 heterocycles. The molecule has 3 aromatic carbocycles. The second-order valence-corrected chi connectivity index (χ2v) is 16.6. The van der Waals surface area contributed by atoms with Gasteiger partial charge in [-0.3, -0.25) is 14.4 Å². The maximum absolute atomic E-state index is 11.7. The first-order chi connectivity index (χ1) is 33.2. The van der Waals surface area contributed by atoms with Crippen LogP contribution in [0, 0.1) is 0 Å². The highest BCUT2D eigenvalue weighted by molar-refractivity contribution is 5.72. The van der Waals surface area contributed by atoms with Crippen molar-refractivity contribution in [3.05, 3.63) is 126 Å². The van der Waals surface area contributed by atoms with Gasteiger partial charge < -0.3 is 42.6 Å². The summed E-state index contributed by atoms with van der Waals surface area (Å²) in [6.45, 7) is 16.7. The Morgan fingerprint density at radius 3 is 1.04 bits per heavy atom. The van der Waals surface area contributed by atoms with E-state index in [-0.39, 0.29) is 54.5 Å². The number of carbonyl (C=O) groups is 3. The molecule has 3 aliphatic rings. The highest BCUT2D eigenvalue weighted by Crippen LogP contribution is 2.29. The average Bonchev–Trinajstić information content (AvgIpc) is 3.35. The van der Waals surface area contributed by atoms with Crippen molar-refractivity contribution in [1.82, 2.24) is 0 Å². The minimum absolute atomic E-state index is 0.0269. The van der Waals surface area contributed by atoms with Crippen LogP contribution in [-0.2, 0) is 42.8 Å². The molecule has 0 radical (unpaired) electrons. The molecule has 12 nitrogen and oxygen atoms in total. The van der Waals surface area contributed by atoms with Gasteiger partial charge in [-0.2, -0.15) is 0 Å². The van der Waals surface area contributed by atoms with E-state index in [1.54, 1.807) is 13.0 Å². The Balaban J connectivity index is 0.000000222. The molecule has 0 amide bonds. The van der Waals surface area contributed by atoms with Gasteiger partial charge in [-0.05, 0) is 126 Å². The number of ether oxygens (including phenoxy) is 9. The largest absolute Gasteiger partial charge is 0.466 e. The van der Waals surface area contributed by atoms with Gasteiger partial charge in [0.1, 0.15) is 17.2 Å². The first kappa shape index (κ1) is 55.2. The summed E-state index contributed by atoms with van der Waals surface area (Å²) >= 11 is 0. The molecule has 0 aromatic heterocycles. The van der Waals surface area contributed by atoms with E-state index in [2.05, 4.69) is 6.58 Å². The van der Waals surface area contributed by atoms with Crippen molar-refractivity contribution in [3.63, 3.8) is 0 Å². The van der Waals surface area contributed by atoms with Gasteiger partial charge in [0, 0.05) is 37.0 Å².